The first kappa shape index (κ1) is 15.2. The summed E-state index contributed by atoms with van der Waals surface area (Å²) >= 11 is 0. The Morgan fingerprint density at radius 1 is 1.24 bits per heavy atom. The number of nitrogens with zero attached hydrogens (tertiary/aromatic N) is 1. The van der Waals surface area contributed by atoms with E-state index >= 15 is 0 Å². The molecular weight excluding hydrogens is 290 g/mol. The number of Topliss-reactive ketones (excluding diaryl/α,β-unsaturated/α-hetero) is 1. The van der Waals surface area contributed by atoms with Crippen LogP contribution in [0.2, 0.25) is 0 Å². The van der Waals surface area contributed by atoms with Crippen LogP contribution < -0.4 is 0 Å². The lowest BCUT2D eigenvalue weighted by Crippen LogP contribution is -2.07. The molecule has 0 amide bonds. The Kier molecular flexibility index (Phi) is 4.11. The molecule has 0 heterocycles. The van der Waals surface area contributed by atoms with Crippen LogP contribution in [-0.4, -0.2) is 23.1 Å². The van der Waals surface area contributed by atoms with E-state index in [-0.39, 0.29) is 12.1 Å². The van der Waals surface area contributed by atoms with Gasteiger partial charge in [-0.2, -0.15) is 0 Å². The minimum absolute atomic E-state index is 0.0266. The highest BCUT2D eigenvalue weighted by atomic mass is 19.2. The minimum Gasteiger partial charge on any atom is -0.506 e. The number of aliphatic hydroxyl groups is 1. The molecule has 0 atom stereocenters. The fourth-order valence-corrected chi connectivity index (χ4v) is 1.61. The molecule has 1 fully saturated rings. The molecule has 0 aromatic heterocycles. The molecule has 1 aliphatic carbocycles. The van der Waals surface area contributed by atoms with Gasteiger partial charge in [0.2, 0.25) is 0 Å². The van der Waals surface area contributed by atoms with Crippen LogP contribution in [0.1, 0.15) is 25.3 Å². The second kappa shape index (κ2) is 5.67. The van der Waals surface area contributed by atoms with Crippen LogP contribution in [0.15, 0.2) is 16.6 Å². The van der Waals surface area contributed by atoms with E-state index in [1.807, 2.05) is 0 Å². The van der Waals surface area contributed by atoms with Crippen LogP contribution in [0.4, 0.5) is 17.6 Å². The lowest BCUT2D eigenvalue weighted by molar-refractivity contribution is -0.113. The van der Waals surface area contributed by atoms with Crippen molar-refractivity contribution in [2.45, 2.75) is 25.8 Å². The van der Waals surface area contributed by atoms with Crippen molar-refractivity contribution < 1.29 is 27.5 Å². The number of halogens is 4. The smallest absolute Gasteiger partial charge is 0.198 e. The van der Waals surface area contributed by atoms with Crippen molar-refractivity contribution in [2.24, 2.45) is 4.99 Å². The predicted molar refractivity (Wildman–Crippen MR) is 68.0 cm³/mol. The number of aliphatic imine (C=N–C) groups is 1. The second-order valence-electron chi connectivity index (χ2n) is 4.68. The van der Waals surface area contributed by atoms with E-state index in [2.05, 4.69) is 4.99 Å². The zero-order valence-electron chi connectivity index (χ0n) is 11.0. The van der Waals surface area contributed by atoms with Crippen LogP contribution in [0.5, 0.6) is 0 Å². The number of benzene rings is 1. The van der Waals surface area contributed by atoms with Gasteiger partial charge in [-0.25, -0.2) is 17.6 Å². The third-order valence-electron chi connectivity index (χ3n) is 2.95. The highest BCUT2D eigenvalue weighted by Gasteiger charge is 2.24. The Morgan fingerprint density at radius 2 is 1.86 bits per heavy atom. The van der Waals surface area contributed by atoms with E-state index in [9.17, 15) is 27.5 Å². The molecule has 21 heavy (non-hydrogen) atoms. The van der Waals surface area contributed by atoms with Gasteiger partial charge >= 0.3 is 0 Å². The van der Waals surface area contributed by atoms with Gasteiger partial charge in [0.15, 0.2) is 29.1 Å². The molecule has 0 saturated heterocycles. The summed E-state index contributed by atoms with van der Waals surface area (Å²) in [6.07, 6.45) is 2.70. The summed E-state index contributed by atoms with van der Waals surface area (Å²) in [5, 5.41) is 9.88. The highest BCUT2D eigenvalue weighted by molar-refractivity contribution is 6.17. The Balaban J connectivity index is 2.55. The summed E-state index contributed by atoms with van der Waals surface area (Å²) in [5.74, 6) is -9.13. The molecule has 1 aromatic rings. The van der Waals surface area contributed by atoms with E-state index in [4.69, 9.17) is 0 Å². The standard InChI is InChI=1S/C14H11F4NO2/c1-6(20)9(5-19-7-2-3-7)14(21)8-4-10(15)12(17)13(18)11(8)16/h4-5,7,21H,2-3H2,1H3/b14-9+,19-5?. The van der Waals surface area contributed by atoms with Crippen LogP contribution >= 0.6 is 0 Å². The summed E-state index contributed by atoms with van der Waals surface area (Å²) in [4.78, 5) is 15.4. The third kappa shape index (κ3) is 3.12. The molecule has 1 aliphatic rings. The number of allylic oxidation sites excluding steroid dienone is 1. The van der Waals surface area contributed by atoms with Gasteiger partial charge in [0, 0.05) is 6.21 Å². The number of hydrogen-bond acceptors (Lipinski definition) is 3. The molecule has 2 rings (SSSR count). The largest absolute Gasteiger partial charge is 0.506 e. The van der Waals surface area contributed by atoms with E-state index in [0.717, 1.165) is 26.0 Å². The summed E-state index contributed by atoms with van der Waals surface area (Å²) < 4.78 is 52.8. The van der Waals surface area contributed by atoms with Crippen molar-refractivity contribution in [3.63, 3.8) is 0 Å². The molecule has 1 aromatic carbocycles. The third-order valence-corrected chi connectivity index (χ3v) is 2.95. The second-order valence-corrected chi connectivity index (χ2v) is 4.68. The number of ketones is 1. The van der Waals surface area contributed by atoms with Crippen LogP contribution in [0.3, 0.4) is 0 Å². The summed E-state index contributed by atoms with van der Waals surface area (Å²) in [6.45, 7) is 1.08. The monoisotopic (exact) mass is 301 g/mol. The fraction of sp³-hybridized carbons (Fsp3) is 0.286. The Hall–Kier alpha value is -2.18. The first-order valence-electron chi connectivity index (χ1n) is 6.13. The van der Waals surface area contributed by atoms with Gasteiger partial charge in [0.05, 0.1) is 17.2 Å². The first-order valence-corrected chi connectivity index (χ1v) is 6.13. The van der Waals surface area contributed by atoms with Gasteiger partial charge in [0.25, 0.3) is 0 Å². The molecule has 1 N–H and O–H groups in total. The van der Waals surface area contributed by atoms with E-state index in [0.29, 0.717) is 0 Å². The average Bonchev–Trinajstić information content (AvgIpc) is 3.24. The molecule has 0 spiro atoms. The van der Waals surface area contributed by atoms with E-state index < -0.39 is 45.9 Å². The van der Waals surface area contributed by atoms with Gasteiger partial charge in [-0.15, -0.1) is 0 Å². The molecule has 0 bridgehead atoms. The van der Waals surface area contributed by atoms with E-state index in [1.165, 1.54) is 0 Å². The first-order chi connectivity index (χ1) is 9.82. The molecule has 7 heteroatoms. The van der Waals surface area contributed by atoms with Gasteiger partial charge < -0.3 is 5.11 Å². The summed E-state index contributed by atoms with van der Waals surface area (Å²) in [6, 6.07) is 0.315. The molecular formula is C14H11F4NO2. The van der Waals surface area contributed by atoms with Crippen LogP contribution in [-0.2, 0) is 4.79 Å². The minimum atomic E-state index is -2.06. The molecule has 3 nitrogen and oxygen atoms in total. The number of hydrogen-bond donors (Lipinski definition) is 1. The summed E-state index contributed by atoms with van der Waals surface area (Å²) in [7, 11) is 0. The zero-order chi connectivity index (χ0) is 15.7. The Labute approximate surface area is 117 Å². The zero-order valence-corrected chi connectivity index (χ0v) is 11.0. The average molecular weight is 301 g/mol. The van der Waals surface area contributed by atoms with Crippen molar-refractivity contribution in [1.82, 2.24) is 0 Å². The highest BCUT2D eigenvalue weighted by Crippen LogP contribution is 2.26. The molecule has 112 valence electrons. The van der Waals surface area contributed by atoms with E-state index in [1.54, 1.807) is 0 Å². The topological polar surface area (TPSA) is 49.7 Å². The SMILES string of the molecule is CC(=O)/C(C=NC1CC1)=C(/O)c1cc(F)c(F)c(F)c1F. The van der Waals surface area contributed by atoms with Crippen molar-refractivity contribution in [3.8, 4) is 0 Å². The fourth-order valence-electron chi connectivity index (χ4n) is 1.61. The number of carbonyl (C=O) groups excluding carboxylic acids is 1. The number of aliphatic hydroxyl groups excluding tert-OH is 1. The maximum atomic E-state index is 13.6. The van der Waals surface area contributed by atoms with Crippen molar-refractivity contribution in [1.29, 1.82) is 0 Å². The van der Waals surface area contributed by atoms with Crippen LogP contribution in [0.25, 0.3) is 5.76 Å². The Bertz CT molecular complexity index is 663. The Morgan fingerprint density at radius 3 is 2.38 bits per heavy atom. The lowest BCUT2D eigenvalue weighted by Gasteiger charge is -2.07. The number of rotatable bonds is 4. The lowest BCUT2D eigenvalue weighted by atomic mass is 10.1. The van der Waals surface area contributed by atoms with Crippen LogP contribution in [0, 0.1) is 23.3 Å². The van der Waals surface area contributed by atoms with Gasteiger partial charge in [-0.05, 0) is 25.8 Å². The van der Waals surface area contributed by atoms with Crippen molar-refractivity contribution >= 4 is 17.8 Å². The predicted octanol–water partition coefficient (Wildman–Crippen LogP) is 3.33. The van der Waals surface area contributed by atoms with Gasteiger partial charge in [-0.1, -0.05) is 0 Å². The maximum Gasteiger partial charge on any atom is 0.198 e. The van der Waals surface area contributed by atoms with Gasteiger partial charge in [-0.3, -0.25) is 9.79 Å². The van der Waals surface area contributed by atoms with Crippen molar-refractivity contribution in [2.75, 3.05) is 0 Å². The summed E-state index contributed by atoms with van der Waals surface area (Å²) in [5.41, 5.74) is -1.33. The molecule has 0 unspecified atom stereocenters. The quantitative estimate of drug-likeness (QED) is 0.231. The molecule has 0 aliphatic heterocycles. The van der Waals surface area contributed by atoms with Gasteiger partial charge in [0.1, 0.15) is 5.76 Å². The molecule has 0 radical (unpaired) electrons. The molecule has 1 saturated carbocycles. The number of carbonyl (C=O) groups is 1. The normalized spacial score (nSPS) is 16.2. The van der Waals surface area contributed by atoms with Crippen molar-refractivity contribution in [3.05, 3.63) is 40.5 Å². The maximum absolute atomic E-state index is 13.6.